The topological polar surface area (TPSA) is 67.6 Å². The summed E-state index contributed by atoms with van der Waals surface area (Å²) in [7, 11) is 1.70. The molecule has 0 aromatic heterocycles. The Hall–Kier alpha value is -1.82. The highest BCUT2D eigenvalue weighted by Gasteiger charge is 2.27. The van der Waals surface area contributed by atoms with Gasteiger partial charge in [-0.3, -0.25) is 10.1 Å². The van der Waals surface area contributed by atoms with E-state index in [0.29, 0.717) is 11.4 Å². The number of nitrogens with zero attached hydrogens (tertiary/aromatic N) is 2. The molecule has 2 rings (SSSR count). The van der Waals surface area contributed by atoms with E-state index in [1.165, 1.54) is 0 Å². The quantitative estimate of drug-likeness (QED) is 0.663. The van der Waals surface area contributed by atoms with Gasteiger partial charge in [0.1, 0.15) is 11.4 Å². The number of hydrogen-bond donors (Lipinski definition) is 1. The van der Waals surface area contributed by atoms with E-state index >= 15 is 0 Å². The van der Waals surface area contributed by atoms with Gasteiger partial charge in [0.2, 0.25) is 0 Å². The van der Waals surface area contributed by atoms with Crippen molar-refractivity contribution in [3.8, 4) is 0 Å². The van der Waals surface area contributed by atoms with Crippen LogP contribution in [0.1, 0.15) is 19.8 Å². The van der Waals surface area contributed by atoms with Crippen molar-refractivity contribution >= 4 is 17.1 Å². The van der Waals surface area contributed by atoms with Gasteiger partial charge in [0.25, 0.3) is 0 Å². The molecular formula is C14H21N3O3. The van der Waals surface area contributed by atoms with Gasteiger partial charge in [0.15, 0.2) is 0 Å². The van der Waals surface area contributed by atoms with Crippen molar-refractivity contribution in [1.82, 2.24) is 0 Å². The predicted molar refractivity (Wildman–Crippen MR) is 79.5 cm³/mol. The third-order valence-electron chi connectivity index (χ3n) is 3.65. The highest BCUT2D eigenvalue weighted by atomic mass is 16.6. The van der Waals surface area contributed by atoms with E-state index < -0.39 is 0 Å². The minimum Gasteiger partial charge on any atom is -0.382 e. The molecule has 0 radical (unpaired) electrons. The molecule has 1 N–H and O–H groups in total. The van der Waals surface area contributed by atoms with Crippen LogP contribution >= 0.6 is 0 Å². The van der Waals surface area contributed by atoms with Gasteiger partial charge in [-0.25, -0.2) is 0 Å². The molecule has 0 bridgehead atoms. The Balaban J connectivity index is 2.19. The molecule has 1 aliphatic rings. The lowest BCUT2D eigenvalue weighted by molar-refractivity contribution is -0.383. The second-order valence-corrected chi connectivity index (χ2v) is 4.82. The van der Waals surface area contributed by atoms with Gasteiger partial charge in [0, 0.05) is 26.7 Å². The lowest BCUT2D eigenvalue weighted by atomic mass is 10.1. The number of ether oxygens (including phenoxy) is 1. The molecule has 0 atom stereocenters. The van der Waals surface area contributed by atoms with E-state index in [1.807, 2.05) is 19.1 Å². The fourth-order valence-electron chi connectivity index (χ4n) is 2.68. The second-order valence-electron chi connectivity index (χ2n) is 4.82. The van der Waals surface area contributed by atoms with Crippen molar-refractivity contribution < 1.29 is 9.66 Å². The van der Waals surface area contributed by atoms with Crippen LogP contribution in [-0.2, 0) is 4.74 Å². The van der Waals surface area contributed by atoms with Crippen LogP contribution in [0.4, 0.5) is 17.1 Å². The summed E-state index contributed by atoms with van der Waals surface area (Å²) in [5, 5.41) is 14.2. The maximum atomic E-state index is 11.3. The molecule has 6 heteroatoms. The maximum Gasteiger partial charge on any atom is 0.315 e. The molecule has 20 heavy (non-hydrogen) atoms. The lowest BCUT2D eigenvalue weighted by Gasteiger charge is -2.33. The summed E-state index contributed by atoms with van der Waals surface area (Å²) in [6.07, 6.45) is 2.10. The van der Waals surface area contributed by atoms with Gasteiger partial charge < -0.3 is 15.0 Å². The summed E-state index contributed by atoms with van der Waals surface area (Å²) < 4.78 is 5.62. The summed E-state index contributed by atoms with van der Waals surface area (Å²) in [4.78, 5) is 13.1. The Bertz CT molecular complexity index is 471. The number of anilines is 2. The number of para-hydroxylation sites is 1. The SMILES string of the molecule is CCOC1CCN(c2cccc(NC)c2[N+](=O)[O-])CC1. The van der Waals surface area contributed by atoms with Gasteiger partial charge in [-0.2, -0.15) is 0 Å². The summed E-state index contributed by atoms with van der Waals surface area (Å²) in [5.41, 5.74) is 1.40. The van der Waals surface area contributed by atoms with Crippen molar-refractivity contribution in [2.45, 2.75) is 25.9 Å². The minimum absolute atomic E-state index is 0.157. The van der Waals surface area contributed by atoms with Crippen LogP contribution in [0.2, 0.25) is 0 Å². The molecule has 1 saturated heterocycles. The molecule has 6 nitrogen and oxygen atoms in total. The van der Waals surface area contributed by atoms with Crippen molar-refractivity contribution in [1.29, 1.82) is 0 Å². The van der Waals surface area contributed by atoms with Crippen LogP contribution in [0.25, 0.3) is 0 Å². The van der Waals surface area contributed by atoms with Crippen molar-refractivity contribution in [2.75, 3.05) is 37.0 Å². The summed E-state index contributed by atoms with van der Waals surface area (Å²) in [5.74, 6) is 0. The summed E-state index contributed by atoms with van der Waals surface area (Å²) in [6, 6.07) is 5.40. The van der Waals surface area contributed by atoms with E-state index in [2.05, 4.69) is 10.2 Å². The summed E-state index contributed by atoms with van der Waals surface area (Å²) >= 11 is 0. The van der Waals surface area contributed by atoms with E-state index in [9.17, 15) is 10.1 Å². The standard InChI is InChI=1S/C14H21N3O3/c1-3-20-11-7-9-16(10-8-11)13-6-4-5-12(15-2)14(13)17(18)19/h4-6,11,15H,3,7-10H2,1-2H3. The number of rotatable bonds is 5. The molecule has 1 fully saturated rings. The molecule has 1 aromatic carbocycles. The van der Waals surface area contributed by atoms with Crippen LogP contribution in [0.15, 0.2) is 18.2 Å². The van der Waals surface area contributed by atoms with Gasteiger partial charge >= 0.3 is 5.69 Å². The normalized spacial score (nSPS) is 16.2. The molecular weight excluding hydrogens is 258 g/mol. The fourth-order valence-corrected chi connectivity index (χ4v) is 2.68. The molecule has 1 aliphatic heterocycles. The Labute approximate surface area is 118 Å². The molecule has 0 saturated carbocycles. The number of piperidine rings is 1. The van der Waals surface area contributed by atoms with E-state index in [4.69, 9.17) is 4.74 Å². The van der Waals surface area contributed by atoms with Crippen LogP contribution in [0.3, 0.4) is 0 Å². The average molecular weight is 279 g/mol. The predicted octanol–water partition coefficient (Wildman–Crippen LogP) is 2.64. The van der Waals surface area contributed by atoms with E-state index in [-0.39, 0.29) is 16.7 Å². The monoisotopic (exact) mass is 279 g/mol. The number of nitro groups is 1. The smallest absolute Gasteiger partial charge is 0.315 e. The Morgan fingerprint density at radius 2 is 2.15 bits per heavy atom. The first-order chi connectivity index (χ1) is 9.67. The largest absolute Gasteiger partial charge is 0.382 e. The van der Waals surface area contributed by atoms with Crippen molar-refractivity contribution in [2.24, 2.45) is 0 Å². The fraction of sp³-hybridized carbons (Fsp3) is 0.571. The summed E-state index contributed by atoms with van der Waals surface area (Å²) in [6.45, 7) is 4.30. The van der Waals surface area contributed by atoms with Gasteiger partial charge in [-0.1, -0.05) is 6.07 Å². The van der Waals surface area contributed by atoms with Crippen LogP contribution < -0.4 is 10.2 Å². The Morgan fingerprint density at radius 3 is 2.70 bits per heavy atom. The molecule has 0 spiro atoms. The van der Waals surface area contributed by atoms with Crippen LogP contribution in [-0.4, -0.2) is 37.8 Å². The van der Waals surface area contributed by atoms with Crippen molar-refractivity contribution in [3.63, 3.8) is 0 Å². The third kappa shape index (κ3) is 3.01. The average Bonchev–Trinajstić information content (AvgIpc) is 2.47. The zero-order chi connectivity index (χ0) is 14.5. The molecule has 110 valence electrons. The van der Waals surface area contributed by atoms with Crippen LogP contribution in [0.5, 0.6) is 0 Å². The maximum absolute atomic E-state index is 11.3. The number of nitro benzene ring substituents is 1. The molecule has 0 unspecified atom stereocenters. The number of nitrogens with one attached hydrogen (secondary N) is 1. The number of hydrogen-bond acceptors (Lipinski definition) is 5. The van der Waals surface area contributed by atoms with E-state index in [1.54, 1.807) is 13.1 Å². The first kappa shape index (κ1) is 14.6. The molecule has 0 aliphatic carbocycles. The lowest BCUT2D eigenvalue weighted by Crippen LogP contribution is -2.37. The zero-order valence-corrected chi connectivity index (χ0v) is 12.0. The highest BCUT2D eigenvalue weighted by Crippen LogP contribution is 2.36. The zero-order valence-electron chi connectivity index (χ0n) is 12.0. The minimum atomic E-state index is -0.310. The van der Waals surface area contributed by atoms with Crippen LogP contribution in [0, 0.1) is 10.1 Å². The first-order valence-corrected chi connectivity index (χ1v) is 6.99. The Morgan fingerprint density at radius 1 is 1.45 bits per heavy atom. The van der Waals surface area contributed by atoms with Gasteiger partial charge in [-0.05, 0) is 31.9 Å². The van der Waals surface area contributed by atoms with Crippen molar-refractivity contribution in [3.05, 3.63) is 28.3 Å². The Kier molecular flexibility index (Phi) is 4.79. The number of benzene rings is 1. The molecule has 0 amide bonds. The second kappa shape index (κ2) is 6.56. The third-order valence-corrected chi connectivity index (χ3v) is 3.65. The molecule has 1 heterocycles. The molecule has 1 aromatic rings. The van der Waals surface area contributed by atoms with E-state index in [0.717, 1.165) is 32.5 Å². The van der Waals surface area contributed by atoms with Gasteiger partial charge in [0.05, 0.1) is 11.0 Å². The van der Waals surface area contributed by atoms with Gasteiger partial charge in [-0.15, -0.1) is 0 Å². The highest BCUT2D eigenvalue weighted by molar-refractivity contribution is 5.77. The first-order valence-electron chi connectivity index (χ1n) is 6.99.